The minimum atomic E-state index is -2.88. The minimum absolute atomic E-state index is 0.00911. The van der Waals surface area contributed by atoms with Gasteiger partial charge in [-0.1, -0.05) is 0 Å². The SMILES string of the molecule is Cc1cc(-c2nc(-c3ccc(OC(F)F)c(C)c3)n3c2CCO[C@H](C)C3)cc(CF)n1. The van der Waals surface area contributed by atoms with Crippen LogP contribution in [0.5, 0.6) is 5.75 Å². The second kappa shape index (κ2) is 8.70. The molecule has 4 rings (SSSR count). The molecule has 31 heavy (non-hydrogen) atoms. The fraction of sp³-hybridized carbons (Fsp3) is 0.391. The fourth-order valence-corrected chi connectivity index (χ4v) is 4.01. The molecule has 164 valence electrons. The summed E-state index contributed by atoms with van der Waals surface area (Å²) >= 11 is 0. The van der Waals surface area contributed by atoms with Crippen molar-refractivity contribution in [1.29, 1.82) is 0 Å². The monoisotopic (exact) mass is 431 g/mol. The number of halogens is 3. The second-order valence-corrected chi connectivity index (χ2v) is 7.75. The van der Waals surface area contributed by atoms with Crippen LogP contribution in [0, 0.1) is 13.8 Å². The second-order valence-electron chi connectivity index (χ2n) is 7.75. The van der Waals surface area contributed by atoms with Crippen molar-refractivity contribution in [1.82, 2.24) is 14.5 Å². The van der Waals surface area contributed by atoms with Gasteiger partial charge in [0.25, 0.3) is 0 Å². The number of benzene rings is 1. The number of imidazole rings is 1. The number of hydrogen-bond donors (Lipinski definition) is 0. The molecule has 3 heterocycles. The van der Waals surface area contributed by atoms with Crippen molar-refractivity contribution in [3.8, 4) is 28.4 Å². The highest BCUT2D eigenvalue weighted by molar-refractivity contribution is 5.70. The van der Waals surface area contributed by atoms with Crippen molar-refractivity contribution in [2.24, 2.45) is 0 Å². The number of hydrogen-bond acceptors (Lipinski definition) is 4. The van der Waals surface area contributed by atoms with Crippen LogP contribution in [0.15, 0.2) is 30.3 Å². The molecule has 3 aromatic rings. The van der Waals surface area contributed by atoms with Gasteiger partial charge in [0.05, 0.1) is 30.6 Å². The Balaban J connectivity index is 1.86. The lowest BCUT2D eigenvalue weighted by Crippen LogP contribution is -2.15. The van der Waals surface area contributed by atoms with E-state index in [-0.39, 0.29) is 11.9 Å². The molecule has 0 bridgehead atoms. The number of aromatic nitrogens is 3. The highest BCUT2D eigenvalue weighted by Gasteiger charge is 2.24. The van der Waals surface area contributed by atoms with Crippen LogP contribution in [-0.2, 0) is 24.4 Å². The first-order valence-corrected chi connectivity index (χ1v) is 10.2. The molecule has 1 atom stereocenters. The number of aryl methyl sites for hydroxylation is 2. The van der Waals surface area contributed by atoms with Crippen molar-refractivity contribution in [2.75, 3.05) is 6.61 Å². The maximum Gasteiger partial charge on any atom is 0.387 e. The summed E-state index contributed by atoms with van der Waals surface area (Å²) in [4.78, 5) is 9.15. The van der Waals surface area contributed by atoms with E-state index in [1.54, 1.807) is 25.1 Å². The molecule has 1 aliphatic heterocycles. The molecule has 2 aromatic heterocycles. The third-order valence-electron chi connectivity index (χ3n) is 5.32. The first-order valence-electron chi connectivity index (χ1n) is 10.2. The molecule has 1 aromatic carbocycles. The summed E-state index contributed by atoms with van der Waals surface area (Å²) in [6.45, 7) is 3.18. The molecule has 5 nitrogen and oxygen atoms in total. The van der Waals surface area contributed by atoms with Crippen molar-refractivity contribution in [3.63, 3.8) is 0 Å². The molecule has 0 saturated heterocycles. The van der Waals surface area contributed by atoms with Crippen LogP contribution < -0.4 is 4.74 Å². The lowest BCUT2D eigenvalue weighted by atomic mass is 10.1. The summed E-state index contributed by atoms with van der Waals surface area (Å²) < 4.78 is 51.1. The first-order chi connectivity index (χ1) is 14.9. The Bertz CT molecular complexity index is 1100. The molecule has 0 aliphatic carbocycles. The molecule has 0 spiro atoms. The van der Waals surface area contributed by atoms with E-state index in [2.05, 4.69) is 14.3 Å². The molecule has 0 radical (unpaired) electrons. The van der Waals surface area contributed by atoms with Crippen LogP contribution in [0.2, 0.25) is 0 Å². The largest absolute Gasteiger partial charge is 0.435 e. The summed E-state index contributed by atoms with van der Waals surface area (Å²) in [7, 11) is 0. The van der Waals surface area contributed by atoms with Crippen LogP contribution in [-0.4, -0.2) is 33.9 Å². The Labute approximate surface area is 178 Å². The lowest BCUT2D eigenvalue weighted by molar-refractivity contribution is -0.0502. The van der Waals surface area contributed by atoms with Crippen LogP contribution in [0.25, 0.3) is 22.6 Å². The van der Waals surface area contributed by atoms with E-state index in [0.717, 1.165) is 28.2 Å². The van der Waals surface area contributed by atoms with Crippen LogP contribution in [0.3, 0.4) is 0 Å². The topological polar surface area (TPSA) is 49.2 Å². The van der Waals surface area contributed by atoms with Crippen molar-refractivity contribution < 1.29 is 22.6 Å². The number of nitrogens with zero attached hydrogens (tertiary/aromatic N) is 3. The number of rotatable bonds is 5. The standard InChI is InChI=1S/C23H24F3N3O2/c1-13-8-16(4-5-20(13)31-23(25)26)22-28-21(17-9-14(2)27-18(10-17)11-24)19-6-7-30-15(3)12-29(19)22/h4-5,8-10,15,23H,6-7,11-12H2,1-3H3/t15-/m1/s1. The summed E-state index contributed by atoms with van der Waals surface area (Å²) in [5.74, 6) is 0.848. The first kappa shape index (κ1) is 21.4. The van der Waals surface area contributed by atoms with Crippen molar-refractivity contribution in [2.45, 2.75) is 53.1 Å². The number of pyridine rings is 1. The van der Waals surface area contributed by atoms with Gasteiger partial charge in [0.2, 0.25) is 0 Å². The van der Waals surface area contributed by atoms with E-state index < -0.39 is 13.3 Å². The van der Waals surface area contributed by atoms with E-state index >= 15 is 0 Å². The third-order valence-corrected chi connectivity index (χ3v) is 5.32. The Morgan fingerprint density at radius 3 is 2.68 bits per heavy atom. The van der Waals surface area contributed by atoms with Crippen LogP contribution >= 0.6 is 0 Å². The zero-order valence-electron chi connectivity index (χ0n) is 17.7. The Morgan fingerprint density at radius 2 is 1.97 bits per heavy atom. The number of ether oxygens (including phenoxy) is 2. The van der Waals surface area contributed by atoms with Crippen molar-refractivity contribution >= 4 is 0 Å². The smallest absolute Gasteiger partial charge is 0.387 e. The molecule has 0 fully saturated rings. The molecule has 0 saturated carbocycles. The zero-order valence-corrected chi connectivity index (χ0v) is 17.7. The van der Waals surface area contributed by atoms with Gasteiger partial charge in [0.15, 0.2) is 0 Å². The van der Waals surface area contributed by atoms with E-state index in [1.165, 1.54) is 6.07 Å². The maximum atomic E-state index is 13.3. The molecule has 0 amide bonds. The summed E-state index contributed by atoms with van der Waals surface area (Å²) in [6, 6.07) is 8.67. The predicted molar refractivity (Wildman–Crippen MR) is 111 cm³/mol. The fourth-order valence-electron chi connectivity index (χ4n) is 4.01. The van der Waals surface area contributed by atoms with Gasteiger partial charge in [-0.05, 0) is 56.7 Å². The number of alkyl halides is 3. The quantitative estimate of drug-likeness (QED) is 0.553. The number of fused-ring (bicyclic) bond motifs is 1. The summed E-state index contributed by atoms with van der Waals surface area (Å²) in [5, 5.41) is 0. The Kier molecular flexibility index (Phi) is 6.00. The van der Waals surface area contributed by atoms with E-state index in [4.69, 9.17) is 9.72 Å². The molecule has 0 N–H and O–H groups in total. The average molecular weight is 431 g/mol. The van der Waals surface area contributed by atoms with E-state index in [1.807, 2.05) is 19.9 Å². The van der Waals surface area contributed by atoms with E-state index in [9.17, 15) is 13.2 Å². The third kappa shape index (κ3) is 4.44. The zero-order chi connectivity index (χ0) is 22.1. The maximum absolute atomic E-state index is 13.3. The van der Waals surface area contributed by atoms with Gasteiger partial charge in [-0.3, -0.25) is 4.98 Å². The highest BCUT2D eigenvalue weighted by atomic mass is 19.3. The molecular formula is C23H24F3N3O2. The van der Waals surface area contributed by atoms with Gasteiger partial charge in [0, 0.05) is 28.9 Å². The Hall–Kier alpha value is -2.87. The van der Waals surface area contributed by atoms with Gasteiger partial charge in [-0.25, -0.2) is 9.37 Å². The van der Waals surface area contributed by atoms with E-state index in [0.29, 0.717) is 36.7 Å². The lowest BCUT2D eigenvalue weighted by Gasteiger charge is -2.14. The highest BCUT2D eigenvalue weighted by Crippen LogP contribution is 2.34. The molecular weight excluding hydrogens is 407 g/mol. The summed E-state index contributed by atoms with van der Waals surface area (Å²) in [6.07, 6.45) is 0.648. The molecule has 1 aliphatic rings. The van der Waals surface area contributed by atoms with Gasteiger partial charge >= 0.3 is 6.61 Å². The normalized spacial score (nSPS) is 16.3. The van der Waals surface area contributed by atoms with Crippen LogP contribution in [0.1, 0.15) is 29.6 Å². The minimum Gasteiger partial charge on any atom is -0.435 e. The molecule has 8 heteroatoms. The van der Waals surface area contributed by atoms with Crippen molar-refractivity contribution in [3.05, 3.63) is 53.0 Å². The van der Waals surface area contributed by atoms with Crippen LogP contribution in [0.4, 0.5) is 13.2 Å². The predicted octanol–water partition coefficient (Wildman–Crippen LogP) is 5.26. The Morgan fingerprint density at radius 1 is 1.16 bits per heavy atom. The molecule has 0 unspecified atom stereocenters. The average Bonchev–Trinajstić information content (AvgIpc) is 2.95. The van der Waals surface area contributed by atoms with Gasteiger partial charge in [-0.15, -0.1) is 0 Å². The summed E-state index contributed by atoms with van der Waals surface area (Å²) in [5.41, 5.74) is 5.03. The van der Waals surface area contributed by atoms with Gasteiger partial charge in [-0.2, -0.15) is 8.78 Å². The van der Waals surface area contributed by atoms with Gasteiger partial charge < -0.3 is 14.0 Å². The van der Waals surface area contributed by atoms with Gasteiger partial charge in [0.1, 0.15) is 18.2 Å².